The van der Waals surface area contributed by atoms with E-state index in [1.54, 1.807) is 7.11 Å². The number of methoxy groups -OCH3 is 1. The number of amides is 1. The van der Waals surface area contributed by atoms with Crippen LogP contribution in [0.3, 0.4) is 0 Å². The molecule has 3 heterocycles. The minimum atomic E-state index is -0.0643. The monoisotopic (exact) mass is 467 g/mol. The summed E-state index contributed by atoms with van der Waals surface area (Å²) in [5.74, 6) is 1.99. The Morgan fingerprint density at radius 2 is 1.79 bits per heavy atom. The van der Waals surface area contributed by atoms with E-state index < -0.39 is 0 Å². The summed E-state index contributed by atoms with van der Waals surface area (Å²) in [6.07, 6.45) is 7.44. The van der Waals surface area contributed by atoms with Gasteiger partial charge < -0.3 is 15.0 Å². The van der Waals surface area contributed by atoms with Crippen molar-refractivity contribution in [1.82, 2.24) is 15.1 Å². The highest BCUT2D eigenvalue weighted by Gasteiger charge is 2.43. The molecule has 1 aliphatic carbocycles. The Morgan fingerprint density at radius 1 is 1.03 bits per heavy atom. The van der Waals surface area contributed by atoms with E-state index in [-0.39, 0.29) is 35.7 Å². The number of carbonyl (C=O) groups is 3. The van der Waals surface area contributed by atoms with Gasteiger partial charge in [0.25, 0.3) is 0 Å². The molecule has 0 aromatic heterocycles. The van der Waals surface area contributed by atoms with Gasteiger partial charge in [0.2, 0.25) is 5.91 Å². The lowest BCUT2D eigenvalue weighted by atomic mass is 9.88. The first-order chi connectivity index (χ1) is 16.5. The predicted octanol–water partition coefficient (Wildman–Crippen LogP) is 2.68. The number of nitrogens with one attached hydrogen (secondary N) is 1. The Labute approximate surface area is 202 Å². The standard InChI is InChI=1S/C27H37N3O4/c1-34-22-8-6-18(7-9-22)26(32)19-10-13-29(14-11-19)23-12-15-30(27(23)33)17-21-16-20-4-2-3-5-24(31)25(20)28-21/h6-9,19-21,23,25,28H,2-5,10-17H2,1H3/t20?,21?,23-,25?/m1/s1. The minimum absolute atomic E-state index is 0.00303. The van der Waals surface area contributed by atoms with E-state index in [1.165, 1.54) is 0 Å². The third kappa shape index (κ3) is 4.78. The maximum Gasteiger partial charge on any atom is 0.240 e. The highest BCUT2D eigenvalue weighted by atomic mass is 16.5. The van der Waals surface area contributed by atoms with Crippen molar-refractivity contribution in [3.63, 3.8) is 0 Å². The third-order valence-corrected chi connectivity index (χ3v) is 8.49. The van der Waals surface area contributed by atoms with Gasteiger partial charge in [-0.2, -0.15) is 0 Å². The van der Waals surface area contributed by atoms with E-state index in [1.807, 2.05) is 29.2 Å². The Kier molecular flexibility index (Phi) is 7.02. The number of rotatable bonds is 6. The molecule has 1 N–H and O–H groups in total. The largest absolute Gasteiger partial charge is 0.497 e. The second-order valence-corrected chi connectivity index (χ2v) is 10.5. The summed E-state index contributed by atoms with van der Waals surface area (Å²) in [6.45, 7) is 3.08. The number of hydrogen-bond acceptors (Lipinski definition) is 6. The number of likely N-dealkylation sites (tertiary alicyclic amines) is 2. The smallest absolute Gasteiger partial charge is 0.240 e. The average molecular weight is 468 g/mol. The molecule has 5 rings (SSSR count). The number of nitrogens with zero attached hydrogens (tertiary/aromatic N) is 2. The Hall–Kier alpha value is -2.25. The summed E-state index contributed by atoms with van der Waals surface area (Å²) in [5.41, 5.74) is 0.737. The molecular formula is C27H37N3O4. The van der Waals surface area contributed by atoms with Gasteiger partial charge in [0.05, 0.1) is 19.2 Å². The number of piperidine rings is 1. The number of fused-ring (bicyclic) bond motifs is 1. The molecular weight excluding hydrogens is 430 g/mol. The van der Waals surface area contributed by atoms with Crippen LogP contribution in [0, 0.1) is 11.8 Å². The van der Waals surface area contributed by atoms with Crippen molar-refractivity contribution in [2.24, 2.45) is 11.8 Å². The van der Waals surface area contributed by atoms with Crippen LogP contribution in [0.1, 0.15) is 61.7 Å². The fourth-order valence-electron chi connectivity index (χ4n) is 6.56. The average Bonchev–Trinajstić information content (AvgIpc) is 3.39. The van der Waals surface area contributed by atoms with Crippen LogP contribution in [0.2, 0.25) is 0 Å². The lowest BCUT2D eigenvalue weighted by Gasteiger charge is -2.34. The van der Waals surface area contributed by atoms with Crippen LogP contribution >= 0.6 is 0 Å². The van der Waals surface area contributed by atoms with E-state index in [2.05, 4.69) is 10.2 Å². The number of carbonyl (C=O) groups excluding carboxylic acids is 3. The van der Waals surface area contributed by atoms with Gasteiger partial charge in [-0.05, 0) is 81.8 Å². The molecule has 34 heavy (non-hydrogen) atoms. The first-order valence-corrected chi connectivity index (χ1v) is 13.0. The molecule has 1 amide bonds. The zero-order valence-electron chi connectivity index (χ0n) is 20.2. The summed E-state index contributed by atoms with van der Waals surface area (Å²) in [7, 11) is 1.62. The van der Waals surface area contributed by atoms with Crippen LogP contribution in [-0.2, 0) is 9.59 Å². The number of Topliss-reactive ketones (excluding diaryl/α,β-unsaturated/α-hetero) is 2. The lowest BCUT2D eigenvalue weighted by molar-refractivity contribution is -0.132. The molecule has 184 valence electrons. The van der Waals surface area contributed by atoms with E-state index in [0.29, 0.717) is 24.7 Å². The second-order valence-electron chi connectivity index (χ2n) is 10.5. The maximum atomic E-state index is 13.2. The Bertz CT molecular complexity index is 909. The molecule has 1 saturated carbocycles. The van der Waals surface area contributed by atoms with E-state index in [0.717, 1.165) is 75.9 Å². The van der Waals surface area contributed by atoms with Crippen molar-refractivity contribution in [2.45, 2.75) is 69.5 Å². The molecule has 7 nitrogen and oxygen atoms in total. The van der Waals surface area contributed by atoms with Crippen LogP contribution in [-0.4, -0.2) is 78.7 Å². The van der Waals surface area contributed by atoms with Crippen LogP contribution < -0.4 is 10.1 Å². The van der Waals surface area contributed by atoms with Crippen molar-refractivity contribution in [1.29, 1.82) is 0 Å². The minimum Gasteiger partial charge on any atom is -0.497 e. The van der Waals surface area contributed by atoms with E-state index >= 15 is 0 Å². The summed E-state index contributed by atoms with van der Waals surface area (Å²) >= 11 is 0. The van der Waals surface area contributed by atoms with E-state index in [9.17, 15) is 14.4 Å². The third-order valence-electron chi connectivity index (χ3n) is 8.49. The van der Waals surface area contributed by atoms with Gasteiger partial charge in [-0.1, -0.05) is 6.42 Å². The molecule has 4 aliphatic rings. The van der Waals surface area contributed by atoms with Gasteiger partial charge in [0.1, 0.15) is 11.5 Å². The second kappa shape index (κ2) is 10.2. The van der Waals surface area contributed by atoms with Crippen molar-refractivity contribution in [3.8, 4) is 5.75 Å². The van der Waals surface area contributed by atoms with Gasteiger partial charge in [-0.3, -0.25) is 19.3 Å². The first-order valence-electron chi connectivity index (χ1n) is 13.0. The van der Waals surface area contributed by atoms with Crippen molar-refractivity contribution < 1.29 is 19.1 Å². The van der Waals surface area contributed by atoms with Crippen molar-refractivity contribution in [3.05, 3.63) is 29.8 Å². The molecule has 0 spiro atoms. The normalized spacial score (nSPS) is 30.9. The van der Waals surface area contributed by atoms with Gasteiger partial charge in [0.15, 0.2) is 5.78 Å². The Morgan fingerprint density at radius 3 is 2.53 bits per heavy atom. The summed E-state index contributed by atoms with van der Waals surface area (Å²) in [4.78, 5) is 42.9. The molecule has 4 fully saturated rings. The van der Waals surface area contributed by atoms with Crippen LogP contribution in [0.4, 0.5) is 0 Å². The first kappa shape index (κ1) is 23.5. The van der Waals surface area contributed by atoms with Crippen LogP contribution in [0.5, 0.6) is 5.75 Å². The van der Waals surface area contributed by atoms with Gasteiger partial charge >= 0.3 is 0 Å². The summed E-state index contributed by atoms with van der Waals surface area (Å²) in [6, 6.07) is 7.52. The predicted molar refractivity (Wildman–Crippen MR) is 129 cm³/mol. The topological polar surface area (TPSA) is 79.0 Å². The maximum absolute atomic E-state index is 13.2. The molecule has 1 aromatic rings. The number of ketones is 2. The quantitative estimate of drug-likeness (QED) is 0.648. The Balaban J connectivity index is 1.11. The number of hydrogen-bond donors (Lipinski definition) is 1. The highest BCUT2D eigenvalue weighted by Crippen LogP contribution is 2.32. The molecule has 7 heteroatoms. The number of benzene rings is 1. The highest BCUT2D eigenvalue weighted by molar-refractivity contribution is 5.98. The zero-order valence-corrected chi connectivity index (χ0v) is 20.2. The van der Waals surface area contributed by atoms with Crippen LogP contribution in [0.15, 0.2) is 24.3 Å². The van der Waals surface area contributed by atoms with Crippen molar-refractivity contribution >= 4 is 17.5 Å². The fourth-order valence-corrected chi connectivity index (χ4v) is 6.56. The molecule has 3 aliphatic heterocycles. The molecule has 3 saturated heterocycles. The zero-order chi connectivity index (χ0) is 23.7. The summed E-state index contributed by atoms with van der Waals surface area (Å²) in [5, 5.41) is 3.56. The van der Waals surface area contributed by atoms with Gasteiger partial charge in [-0.25, -0.2) is 0 Å². The van der Waals surface area contributed by atoms with E-state index in [4.69, 9.17) is 4.74 Å². The van der Waals surface area contributed by atoms with Crippen LogP contribution in [0.25, 0.3) is 0 Å². The summed E-state index contributed by atoms with van der Waals surface area (Å²) < 4.78 is 5.19. The number of ether oxygens (including phenoxy) is 1. The SMILES string of the molecule is COc1ccc(C(=O)C2CCN([C@@H]3CCN(CC4CC5CCCCC(=O)C5N4)C3=O)CC2)cc1. The molecule has 3 unspecified atom stereocenters. The molecule has 0 radical (unpaired) electrons. The molecule has 1 aromatic carbocycles. The van der Waals surface area contributed by atoms with Gasteiger partial charge in [-0.15, -0.1) is 0 Å². The van der Waals surface area contributed by atoms with Crippen molar-refractivity contribution in [2.75, 3.05) is 33.3 Å². The lowest BCUT2D eigenvalue weighted by Crippen LogP contribution is -2.48. The molecule has 4 atom stereocenters. The van der Waals surface area contributed by atoms with Gasteiger partial charge in [0, 0.05) is 37.0 Å². The molecule has 0 bridgehead atoms. The fraction of sp³-hybridized carbons (Fsp3) is 0.667.